The first-order valence-corrected chi connectivity index (χ1v) is 5.17. The van der Waals surface area contributed by atoms with Crippen molar-refractivity contribution in [1.29, 1.82) is 0 Å². The molecule has 0 unspecified atom stereocenters. The summed E-state index contributed by atoms with van der Waals surface area (Å²) in [7, 11) is 0. The topological polar surface area (TPSA) is 39.9 Å². The maximum atomic E-state index is 12.2. The zero-order valence-electron chi connectivity index (χ0n) is 9.07. The summed E-state index contributed by atoms with van der Waals surface area (Å²) in [4.78, 5) is 3.83. The molecular weight excluding hydrogens is 271 g/mol. The standard InChI is InChI=1S/C10H7ClF3N3O/c1-6-15-5-17(16-6)8-4-7(11)2-3-9(8)18-10(12,13)14/h2-5H,1H3. The van der Waals surface area contributed by atoms with Crippen molar-refractivity contribution < 1.29 is 17.9 Å². The van der Waals surface area contributed by atoms with Crippen LogP contribution in [0.15, 0.2) is 24.5 Å². The summed E-state index contributed by atoms with van der Waals surface area (Å²) in [6.45, 7) is 1.62. The third kappa shape index (κ3) is 2.92. The lowest BCUT2D eigenvalue weighted by Crippen LogP contribution is -2.18. The van der Waals surface area contributed by atoms with Crippen molar-refractivity contribution in [3.63, 3.8) is 0 Å². The highest BCUT2D eigenvalue weighted by Crippen LogP contribution is 2.30. The SMILES string of the molecule is Cc1ncn(-c2cc(Cl)ccc2OC(F)(F)F)n1. The van der Waals surface area contributed by atoms with Crippen molar-refractivity contribution in [3.05, 3.63) is 35.4 Å². The van der Waals surface area contributed by atoms with Crippen molar-refractivity contribution in [3.8, 4) is 11.4 Å². The first-order chi connectivity index (χ1) is 8.35. The van der Waals surface area contributed by atoms with Gasteiger partial charge in [0, 0.05) is 5.02 Å². The number of ether oxygens (including phenoxy) is 1. The lowest BCUT2D eigenvalue weighted by atomic mass is 10.3. The average Bonchev–Trinajstić information content (AvgIpc) is 2.65. The summed E-state index contributed by atoms with van der Waals surface area (Å²) in [5.41, 5.74) is 0.0698. The summed E-state index contributed by atoms with van der Waals surface area (Å²) >= 11 is 5.75. The number of nitrogens with zero attached hydrogens (tertiary/aromatic N) is 3. The minimum Gasteiger partial charge on any atom is -0.403 e. The maximum absolute atomic E-state index is 12.2. The van der Waals surface area contributed by atoms with E-state index in [0.717, 1.165) is 6.07 Å². The summed E-state index contributed by atoms with van der Waals surface area (Å²) in [6, 6.07) is 3.74. The van der Waals surface area contributed by atoms with Crippen LogP contribution in [-0.4, -0.2) is 21.1 Å². The molecule has 0 fully saturated rings. The van der Waals surface area contributed by atoms with Gasteiger partial charge < -0.3 is 4.74 Å². The molecule has 1 heterocycles. The van der Waals surface area contributed by atoms with E-state index in [-0.39, 0.29) is 10.7 Å². The van der Waals surface area contributed by atoms with Crippen LogP contribution in [0.25, 0.3) is 5.69 Å². The fourth-order valence-electron chi connectivity index (χ4n) is 1.34. The van der Waals surface area contributed by atoms with Gasteiger partial charge in [-0.2, -0.15) is 5.10 Å². The molecule has 8 heteroatoms. The first kappa shape index (κ1) is 12.7. The second-order valence-electron chi connectivity index (χ2n) is 3.40. The van der Waals surface area contributed by atoms with Gasteiger partial charge in [0.25, 0.3) is 0 Å². The largest absolute Gasteiger partial charge is 0.573 e. The Morgan fingerprint density at radius 1 is 1.33 bits per heavy atom. The monoisotopic (exact) mass is 277 g/mol. The van der Waals surface area contributed by atoms with Gasteiger partial charge in [-0.1, -0.05) is 11.6 Å². The fraction of sp³-hybridized carbons (Fsp3) is 0.200. The Bertz CT molecular complexity index is 568. The van der Waals surface area contributed by atoms with Crippen LogP contribution in [0.2, 0.25) is 5.02 Å². The molecule has 0 saturated carbocycles. The van der Waals surface area contributed by atoms with Gasteiger partial charge in [0.2, 0.25) is 0 Å². The van der Waals surface area contributed by atoms with E-state index >= 15 is 0 Å². The smallest absolute Gasteiger partial charge is 0.403 e. The van der Waals surface area contributed by atoms with E-state index in [4.69, 9.17) is 11.6 Å². The normalized spacial score (nSPS) is 11.6. The van der Waals surface area contributed by atoms with Crippen molar-refractivity contribution in [2.24, 2.45) is 0 Å². The molecule has 2 rings (SSSR count). The molecule has 0 aliphatic heterocycles. The third-order valence-electron chi connectivity index (χ3n) is 2.00. The van der Waals surface area contributed by atoms with E-state index in [9.17, 15) is 13.2 Å². The Labute approximate surface area is 105 Å². The molecule has 0 atom stereocenters. The predicted molar refractivity (Wildman–Crippen MR) is 57.8 cm³/mol. The maximum Gasteiger partial charge on any atom is 0.573 e. The molecule has 4 nitrogen and oxygen atoms in total. The molecule has 0 saturated heterocycles. The number of halogens is 4. The summed E-state index contributed by atoms with van der Waals surface area (Å²) in [5.74, 6) is 0.0322. The zero-order chi connectivity index (χ0) is 13.3. The van der Waals surface area contributed by atoms with E-state index in [2.05, 4.69) is 14.8 Å². The first-order valence-electron chi connectivity index (χ1n) is 4.79. The average molecular weight is 278 g/mol. The highest BCUT2D eigenvalue weighted by Gasteiger charge is 2.32. The Balaban J connectivity index is 2.47. The van der Waals surface area contributed by atoms with Gasteiger partial charge >= 0.3 is 6.36 Å². The Kier molecular flexibility index (Phi) is 3.16. The summed E-state index contributed by atoms with van der Waals surface area (Å²) < 4.78 is 41.8. The van der Waals surface area contributed by atoms with Crippen molar-refractivity contribution in [1.82, 2.24) is 14.8 Å². The van der Waals surface area contributed by atoms with Crippen LogP contribution in [0.3, 0.4) is 0 Å². The van der Waals surface area contributed by atoms with Crippen molar-refractivity contribution in [2.75, 3.05) is 0 Å². The highest BCUT2D eigenvalue weighted by molar-refractivity contribution is 6.30. The molecule has 0 spiro atoms. The molecule has 0 bridgehead atoms. The molecule has 0 radical (unpaired) electrons. The second-order valence-corrected chi connectivity index (χ2v) is 3.83. The van der Waals surface area contributed by atoms with Gasteiger partial charge in [0.1, 0.15) is 17.8 Å². The lowest BCUT2D eigenvalue weighted by Gasteiger charge is -2.13. The van der Waals surface area contributed by atoms with E-state index in [0.29, 0.717) is 5.82 Å². The minimum atomic E-state index is -4.78. The molecule has 0 amide bonds. The molecule has 2 aromatic rings. The molecule has 0 N–H and O–H groups in total. The summed E-state index contributed by atoms with van der Waals surface area (Å²) in [5, 5.41) is 4.18. The Morgan fingerprint density at radius 3 is 2.61 bits per heavy atom. The number of hydrogen-bond donors (Lipinski definition) is 0. The third-order valence-corrected chi connectivity index (χ3v) is 2.23. The van der Waals surface area contributed by atoms with Crippen LogP contribution in [0.1, 0.15) is 5.82 Å². The van der Waals surface area contributed by atoms with Crippen LogP contribution in [0, 0.1) is 6.92 Å². The molecule has 0 aliphatic carbocycles. The Hall–Kier alpha value is -1.76. The fourth-order valence-corrected chi connectivity index (χ4v) is 1.51. The second kappa shape index (κ2) is 4.49. The lowest BCUT2D eigenvalue weighted by molar-refractivity contribution is -0.274. The number of benzene rings is 1. The Morgan fingerprint density at radius 2 is 2.06 bits per heavy atom. The van der Waals surface area contributed by atoms with E-state index in [1.165, 1.54) is 23.1 Å². The van der Waals surface area contributed by atoms with Crippen LogP contribution >= 0.6 is 11.6 Å². The molecule has 0 aliphatic rings. The van der Waals surface area contributed by atoms with Crippen LogP contribution in [-0.2, 0) is 0 Å². The number of rotatable bonds is 2. The van der Waals surface area contributed by atoms with Gasteiger partial charge in [0.15, 0.2) is 5.75 Å². The minimum absolute atomic E-state index is 0.0698. The van der Waals surface area contributed by atoms with Crippen molar-refractivity contribution >= 4 is 11.6 Å². The van der Waals surface area contributed by atoms with E-state index < -0.39 is 12.1 Å². The van der Waals surface area contributed by atoms with Gasteiger partial charge in [-0.25, -0.2) is 9.67 Å². The number of hydrogen-bond acceptors (Lipinski definition) is 3. The zero-order valence-corrected chi connectivity index (χ0v) is 9.83. The number of alkyl halides is 3. The highest BCUT2D eigenvalue weighted by atomic mass is 35.5. The molecule has 96 valence electrons. The van der Waals surface area contributed by atoms with Crippen LogP contribution < -0.4 is 4.74 Å². The number of aromatic nitrogens is 3. The van der Waals surface area contributed by atoms with Crippen LogP contribution in [0.5, 0.6) is 5.75 Å². The van der Waals surface area contributed by atoms with Gasteiger partial charge in [-0.05, 0) is 25.1 Å². The quantitative estimate of drug-likeness (QED) is 0.847. The van der Waals surface area contributed by atoms with E-state index in [1.54, 1.807) is 6.92 Å². The van der Waals surface area contributed by atoms with Gasteiger partial charge in [-0.15, -0.1) is 13.2 Å². The van der Waals surface area contributed by atoms with Crippen molar-refractivity contribution in [2.45, 2.75) is 13.3 Å². The summed E-state index contributed by atoms with van der Waals surface area (Å²) in [6.07, 6.45) is -3.50. The molecule has 1 aromatic carbocycles. The predicted octanol–water partition coefficient (Wildman–Crippen LogP) is 3.13. The molecular formula is C10H7ClF3N3O. The van der Waals surface area contributed by atoms with Crippen LogP contribution in [0.4, 0.5) is 13.2 Å². The van der Waals surface area contributed by atoms with Gasteiger partial charge in [-0.3, -0.25) is 0 Å². The van der Waals surface area contributed by atoms with E-state index in [1.807, 2.05) is 0 Å². The molecule has 1 aromatic heterocycles. The van der Waals surface area contributed by atoms with Gasteiger partial charge in [0.05, 0.1) is 0 Å². The molecule has 18 heavy (non-hydrogen) atoms. The number of aryl methyl sites for hydroxylation is 1.